The molecule has 0 amide bonds. The van der Waals surface area contributed by atoms with E-state index in [2.05, 4.69) is 17.4 Å². The molecule has 1 rings (SSSR count). The van der Waals surface area contributed by atoms with Crippen molar-refractivity contribution in [2.24, 2.45) is 0 Å². The molecule has 0 unspecified atom stereocenters. The zero-order valence-corrected chi connectivity index (χ0v) is 7.95. The lowest BCUT2D eigenvalue weighted by atomic mass is 10.2. The number of alkyl halides is 5. The zero-order valence-electron chi connectivity index (χ0n) is 7.05. The minimum atomic E-state index is -4.90. The Balaban J connectivity index is 2.99. The van der Waals surface area contributed by atoms with Crippen LogP contribution in [0.3, 0.4) is 0 Å². The third-order valence-corrected chi connectivity index (χ3v) is 1.66. The van der Waals surface area contributed by atoms with Crippen LogP contribution in [0, 0.1) is 0 Å². The Morgan fingerprint density at radius 3 is 2.20 bits per heavy atom. The first kappa shape index (κ1) is 12.1. The van der Waals surface area contributed by atoms with E-state index < -0.39 is 24.1 Å². The van der Waals surface area contributed by atoms with Gasteiger partial charge in [-0.25, -0.2) is 8.78 Å². The van der Waals surface area contributed by atoms with E-state index in [1.54, 1.807) is 0 Å². The molecule has 1 nitrogen and oxygen atoms in total. The summed E-state index contributed by atoms with van der Waals surface area (Å²) in [5, 5.41) is 0. The van der Waals surface area contributed by atoms with Crippen molar-refractivity contribution >= 4 is 12.6 Å². The minimum absolute atomic E-state index is 0.0212. The Morgan fingerprint density at radius 2 is 1.73 bits per heavy atom. The highest BCUT2D eigenvalue weighted by atomic mass is 32.1. The van der Waals surface area contributed by atoms with Crippen LogP contribution >= 0.6 is 12.6 Å². The zero-order chi connectivity index (χ0) is 11.6. The van der Waals surface area contributed by atoms with Gasteiger partial charge in [0.1, 0.15) is 5.75 Å². The van der Waals surface area contributed by atoms with Crippen molar-refractivity contribution in [2.75, 3.05) is 0 Å². The molecule has 7 heteroatoms. The van der Waals surface area contributed by atoms with Crippen LogP contribution in [0.4, 0.5) is 22.0 Å². The molecule has 1 aromatic carbocycles. The lowest BCUT2D eigenvalue weighted by molar-refractivity contribution is -0.274. The molecule has 0 saturated carbocycles. The summed E-state index contributed by atoms with van der Waals surface area (Å²) in [4.78, 5) is -0.0212. The number of rotatable bonds is 2. The summed E-state index contributed by atoms with van der Waals surface area (Å²) in [5.74, 6) is -0.703. The van der Waals surface area contributed by atoms with Crippen LogP contribution in [0.1, 0.15) is 12.0 Å². The molecular weight excluding hydrogens is 239 g/mol. The minimum Gasteiger partial charge on any atom is -0.406 e. The third kappa shape index (κ3) is 3.94. The van der Waals surface area contributed by atoms with Gasteiger partial charge in [-0.1, -0.05) is 0 Å². The fourth-order valence-electron chi connectivity index (χ4n) is 0.924. The number of hydrogen-bond acceptors (Lipinski definition) is 2. The second kappa shape index (κ2) is 4.26. The van der Waals surface area contributed by atoms with E-state index in [0.717, 1.165) is 12.1 Å². The molecule has 1 aromatic rings. The van der Waals surface area contributed by atoms with Crippen molar-refractivity contribution in [2.45, 2.75) is 17.7 Å². The largest absolute Gasteiger partial charge is 0.573 e. The van der Waals surface area contributed by atoms with E-state index in [4.69, 9.17) is 0 Å². The van der Waals surface area contributed by atoms with Crippen LogP contribution in [0.2, 0.25) is 0 Å². The number of halogens is 5. The first-order valence-corrected chi connectivity index (χ1v) is 4.10. The van der Waals surface area contributed by atoms with Gasteiger partial charge in [0.2, 0.25) is 0 Å². The summed E-state index contributed by atoms with van der Waals surface area (Å²) in [6.45, 7) is 0. The normalized spacial score (nSPS) is 11.9. The number of thiol groups is 1. The second-order valence-corrected chi connectivity index (χ2v) is 3.13. The molecule has 0 heterocycles. The molecule has 0 bridgehead atoms. The van der Waals surface area contributed by atoms with Gasteiger partial charge in [0, 0.05) is 10.5 Å². The maximum absolute atomic E-state index is 12.2. The molecule has 0 spiro atoms. The Kier molecular flexibility index (Phi) is 3.43. The highest BCUT2D eigenvalue weighted by Gasteiger charge is 2.31. The monoisotopic (exact) mass is 244 g/mol. The van der Waals surface area contributed by atoms with Gasteiger partial charge in [0.25, 0.3) is 6.43 Å². The molecule has 0 fully saturated rings. The first-order chi connectivity index (χ1) is 6.78. The van der Waals surface area contributed by atoms with Crippen LogP contribution in [-0.4, -0.2) is 6.36 Å². The standard InChI is InChI=1S/C8H5F5OS/c9-7(10)4-1-5(3-6(15)2-4)14-8(11,12)13/h1-3,7,15H. The highest BCUT2D eigenvalue weighted by Crippen LogP contribution is 2.30. The van der Waals surface area contributed by atoms with Crippen LogP contribution in [0.5, 0.6) is 5.75 Å². The topological polar surface area (TPSA) is 9.23 Å². The van der Waals surface area contributed by atoms with Gasteiger partial charge in [-0.05, 0) is 18.2 Å². The van der Waals surface area contributed by atoms with E-state index >= 15 is 0 Å². The summed E-state index contributed by atoms with van der Waals surface area (Å²) < 4.78 is 63.2. The Bertz CT molecular complexity index is 349. The lowest BCUT2D eigenvalue weighted by Crippen LogP contribution is -2.17. The van der Waals surface area contributed by atoms with Crippen LogP contribution in [0.25, 0.3) is 0 Å². The molecule has 0 aromatic heterocycles. The summed E-state index contributed by atoms with van der Waals surface area (Å²) in [6, 6.07) is 2.50. The summed E-state index contributed by atoms with van der Waals surface area (Å²) in [6.07, 6.45) is -7.77. The van der Waals surface area contributed by atoms with Crippen molar-refractivity contribution < 1.29 is 26.7 Å². The summed E-state index contributed by atoms with van der Waals surface area (Å²) in [7, 11) is 0. The Hall–Kier alpha value is -0.980. The third-order valence-electron chi connectivity index (χ3n) is 1.40. The maximum Gasteiger partial charge on any atom is 0.573 e. The molecule has 0 N–H and O–H groups in total. The van der Waals surface area contributed by atoms with Gasteiger partial charge in [0.05, 0.1) is 0 Å². The molecule has 0 atom stereocenters. The highest BCUT2D eigenvalue weighted by molar-refractivity contribution is 7.80. The van der Waals surface area contributed by atoms with Crippen molar-refractivity contribution in [1.29, 1.82) is 0 Å². The predicted octanol–water partition coefficient (Wildman–Crippen LogP) is 3.81. The Morgan fingerprint density at radius 1 is 1.13 bits per heavy atom. The van der Waals surface area contributed by atoms with Crippen LogP contribution < -0.4 is 4.74 Å². The molecule has 0 aliphatic rings. The maximum atomic E-state index is 12.2. The number of benzene rings is 1. The van der Waals surface area contributed by atoms with Crippen molar-refractivity contribution in [3.05, 3.63) is 23.8 Å². The molecular formula is C8H5F5OS. The van der Waals surface area contributed by atoms with E-state index in [-0.39, 0.29) is 4.90 Å². The molecule has 0 aliphatic heterocycles. The quantitative estimate of drug-likeness (QED) is 0.614. The van der Waals surface area contributed by atoms with Crippen molar-refractivity contribution in [1.82, 2.24) is 0 Å². The summed E-state index contributed by atoms with van der Waals surface area (Å²) in [5.41, 5.74) is -0.568. The van der Waals surface area contributed by atoms with Crippen LogP contribution in [-0.2, 0) is 0 Å². The Labute approximate surface area is 87.3 Å². The first-order valence-electron chi connectivity index (χ1n) is 3.66. The smallest absolute Gasteiger partial charge is 0.406 e. The average molecular weight is 244 g/mol. The van der Waals surface area contributed by atoms with Gasteiger partial charge < -0.3 is 4.74 Å². The van der Waals surface area contributed by atoms with Gasteiger partial charge in [-0.2, -0.15) is 0 Å². The van der Waals surface area contributed by atoms with E-state index in [1.165, 1.54) is 0 Å². The fraction of sp³-hybridized carbons (Fsp3) is 0.250. The van der Waals surface area contributed by atoms with E-state index in [1.807, 2.05) is 0 Å². The van der Waals surface area contributed by atoms with Crippen molar-refractivity contribution in [3.8, 4) is 5.75 Å². The van der Waals surface area contributed by atoms with Gasteiger partial charge in [-0.3, -0.25) is 0 Å². The lowest BCUT2D eigenvalue weighted by Gasteiger charge is -2.10. The second-order valence-electron chi connectivity index (χ2n) is 2.61. The SMILES string of the molecule is FC(F)c1cc(S)cc(OC(F)(F)F)c1. The van der Waals surface area contributed by atoms with E-state index in [0.29, 0.717) is 6.07 Å². The van der Waals surface area contributed by atoms with Gasteiger partial charge >= 0.3 is 6.36 Å². The molecule has 0 radical (unpaired) electrons. The van der Waals surface area contributed by atoms with Gasteiger partial charge in [-0.15, -0.1) is 25.8 Å². The van der Waals surface area contributed by atoms with Crippen LogP contribution in [0.15, 0.2) is 23.1 Å². The van der Waals surface area contributed by atoms with Crippen molar-refractivity contribution in [3.63, 3.8) is 0 Å². The number of hydrogen-bond donors (Lipinski definition) is 1. The summed E-state index contributed by atoms with van der Waals surface area (Å²) >= 11 is 3.69. The molecule has 0 aliphatic carbocycles. The average Bonchev–Trinajstić information content (AvgIpc) is 1.99. The molecule has 15 heavy (non-hydrogen) atoms. The molecule has 84 valence electrons. The predicted molar refractivity (Wildman–Crippen MR) is 45.3 cm³/mol. The fourth-order valence-corrected chi connectivity index (χ4v) is 1.20. The van der Waals surface area contributed by atoms with E-state index in [9.17, 15) is 22.0 Å². The number of ether oxygens (including phenoxy) is 1. The van der Waals surface area contributed by atoms with Gasteiger partial charge in [0.15, 0.2) is 0 Å². The molecule has 0 saturated heterocycles.